The molecule has 2 rings (SSSR count). The van der Waals surface area contributed by atoms with Gasteiger partial charge in [-0.25, -0.2) is 0 Å². The van der Waals surface area contributed by atoms with Gasteiger partial charge in [-0.3, -0.25) is 0 Å². The number of hydrogen-bond acceptors (Lipinski definition) is 3. The highest BCUT2D eigenvalue weighted by molar-refractivity contribution is 9.10. The van der Waals surface area contributed by atoms with E-state index in [1.54, 1.807) is 11.3 Å². The lowest BCUT2D eigenvalue weighted by Crippen LogP contribution is -2.15. The number of anilines is 1. The van der Waals surface area contributed by atoms with Crippen molar-refractivity contribution in [1.82, 2.24) is 0 Å². The van der Waals surface area contributed by atoms with Crippen LogP contribution in [0.25, 0.3) is 0 Å². The molecule has 2 N–H and O–H groups in total. The van der Waals surface area contributed by atoms with Gasteiger partial charge in [-0.15, -0.1) is 11.3 Å². The van der Waals surface area contributed by atoms with Crippen molar-refractivity contribution in [2.24, 2.45) is 5.73 Å². The maximum Gasteiger partial charge on any atom is 0.0931 e. The first-order chi connectivity index (χ1) is 8.60. The summed E-state index contributed by atoms with van der Waals surface area (Å²) in [7, 11) is 2.07. The van der Waals surface area contributed by atoms with Crippen LogP contribution in [0.4, 0.5) is 5.69 Å². The fraction of sp³-hybridized carbons (Fsp3) is 0.231. The fourth-order valence-corrected chi connectivity index (χ4v) is 3.37. The molecule has 0 spiro atoms. The van der Waals surface area contributed by atoms with E-state index in [4.69, 9.17) is 17.3 Å². The molecule has 18 heavy (non-hydrogen) atoms. The summed E-state index contributed by atoms with van der Waals surface area (Å²) < 4.78 is 1.89. The molecule has 2 aromatic rings. The summed E-state index contributed by atoms with van der Waals surface area (Å²) in [5.74, 6) is 0. The van der Waals surface area contributed by atoms with Crippen LogP contribution in [0, 0.1) is 0 Å². The zero-order valence-electron chi connectivity index (χ0n) is 9.99. The van der Waals surface area contributed by atoms with Crippen LogP contribution >= 0.6 is 38.9 Å². The topological polar surface area (TPSA) is 29.3 Å². The molecule has 0 radical (unpaired) electrons. The van der Waals surface area contributed by atoms with Crippen molar-refractivity contribution >= 4 is 44.6 Å². The van der Waals surface area contributed by atoms with Crippen molar-refractivity contribution in [2.75, 3.05) is 11.9 Å². The van der Waals surface area contributed by atoms with Gasteiger partial charge in [-0.05, 0) is 29.8 Å². The lowest BCUT2D eigenvalue weighted by molar-refractivity contribution is 0.937. The van der Waals surface area contributed by atoms with Crippen molar-refractivity contribution < 1.29 is 0 Å². The third-order valence-electron chi connectivity index (χ3n) is 2.72. The summed E-state index contributed by atoms with van der Waals surface area (Å²) in [4.78, 5) is 3.44. The molecule has 0 bridgehead atoms. The highest BCUT2D eigenvalue weighted by Crippen LogP contribution is 2.27. The molecule has 0 saturated carbocycles. The Morgan fingerprint density at radius 3 is 2.67 bits per heavy atom. The molecule has 1 heterocycles. The molecule has 0 saturated heterocycles. The van der Waals surface area contributed by atoms with Crippen molar-refractivity contribution in [3.63, 3.8) is 0 Å². The second-order valence-corrected chi connectivity index (χ2v) is 6.70. The maximum absolute atomic E-state index is 5.93. The van der Waals surface area contributed by atoms with Crippen LogP contribution in [0.3, 0.4) is 0 Å². The Labute approximate surface area is 124 Å². The predicted octanol–water partition coefficient (Wildman–Crippen LogP) is 4.26. The van der Waals surface area contributed by atoms with Crippen LogP contribution in [0.2, 0.25) is 4.34 Å². The third kappa shape index (κ3) is 3.26. The van der Waals surface area contributed by atoms with Crippen LogP contribution in [0.5, 0.6) is 0 Å². The van der Waals surface area contributed by atoms with Gasteiger partial charge in [0.2, 0.25) is 0 Å². The van der Waals surface area contributed by atoms with Crippen molar-refractivity contribution in [2.45, 2.75) is 13.1 Å². The molecule has 0 unspecified atom stereocenters. The lowest BCUT2D eigenvalue weighted by Gasteiger charge is -2.19. The molecule has 0 amide bonds. The summed E-state index contributed by atoms with van der Waals surface area (Å²) in [5.41, 5.74) is 7.92. The Bertz CT molecular complexity index is 542. The number of hydrogen-bond donors (Lipinski definition) is 1. The van der Waals surface area contributed by atoms with E-state index in [0.717, 1.165) is 26.6 Å². The monoisotopic (exact) mass is 344 g/mol. The smallest absolute Gasteiger partial charge is 0.0931 e. The van der Waals surface area contributed by atoms with Gasteiger partial charge in [-0.1, -0.05) is 33.6 Å². The number of nitrogens with zero attached hydrogens (tertiary/aromatic N) is 1. The van der Waals surface area contributed by atoms with E-state index in [9.17, 15) is 0 Å². The molecular formula is C13H14BrClN2S. The summed E-state index contributed by atoms with van der Waals surface area (Å²) >= 11 is 11.1. The number of benzene rings is 1. The molecule has 96 valence electrons. The quantitative estimate of drug-likeness (QED) is 0.897. The Morgan fingerprint density at radius 1 is 1.33 bits per heavy atom. The molecule has 1 aromatic heterocycles. The second kappa shape index (κ2) is 6.06. The normalized spacial score (nSPS) is 10.7. The van der Waals surface area contributed by atoms with Gasteiger partial charge < -0.3 is 10.6 Å². The molecule has 0 aliphatic heterocycles. The van der Waals surface area contributed by atoms with E-state index in [2.05, 4.69) is 52.1 Å². The Morgan fingerprint density at radius 2 is 2.11 bits per heavy atom. The van der Waals surface area contributed by atoms with Crippen LogP contribution in [0.15, 0.2) is 34.8 Å². The number of thiophene rings is 1. The summed E-state index contributed by atoms with van der Waals surface area (Å²) in [6.07, 6.45) is 0. The second-order valence-electron chi connectivity index (χ2n) is 4.04. The van der Waals surface area contributed by atoms with Crippen LogP contribution in [-0.2, 0) is 13.1 Å². The average Bonchev–Trinajstić information content (AvgIpc) is 2.74. The van der Waals surface area contributed by atoms with Gasteiger partial charge in [0.15, 0.2) is 0 Å². The van der Waals surface area contributed by atoms with E-state index >= 15 is 0 Å². The number of halogens is 2. The molecule has 0 atom stereocenters. The minimum atomic E-state index is 0.547. The zero-order valence-corrected chi connectivity index (χ0v) is 13.1. The minimum Gasteiger partial charge on any atom is -0.369 e. The first kappa shape index (κ1) is 13.9. The van der Waals surface area contributed by atoms with Gasteiger partial charge in [0.25, 0.3) is 0 Å². The van der Waals surface area contributed by atoms with Gasteiger partial charge >= 0.3 is 0 Å². The van der Waals surface area contributed by atoms with E-state index in [0.29, 0.717) is 6.54 Å². The molecule has 5 heteroatoms. The minimum absolute atomic E-state index is 0.547. The van der Waals surface area contributed by atoms with Crippen LogP contribution < -0.4 is 10.6 Å². The Kier molecular flexibility index (Phi) is 4.67. The van der Waals surface area contributed by atoms with Crippen molar-refractivity contribution in [3.05, 3.63) is 49.6 Å². The average molecular weight is 346 g/mol. The zero-order chi connectivity index (χ0) is 13.1. The first-order valence-electron chi connectivity index (χ1n) is 5.54. The van der Waals surface area contributed by atoms with Gasteiger partial charge in [-0.2, -0.15) is 0 Å². The Hall–Kier alpha value is -0.550. The van der Waals surface area contributed by atoms with E-state index in [1.807, 2.05) is 6.07 Å². The lowest BCUT2D eigenvalue weighted by atomic mass is 10.2. The molecule has 0 fully saturated rings. The fourth-order valence-electron chi connectivity index (χ4n) is 1.70. The largest absolute Gasteiger partial charge is 0.369 e. The van der Waals surface area contributed by atoms with Gasteiger partial charge in [0, 0.05) is 28.6 Å². The van der Waals surface area contributed by atoms with E-state index < -0.39 is 0 Å². The number of rotatable bonds is 4. The molecule has 0 aliphatic carbocycles. The van der Waals surface area contributed by atoms with Gasteiger partial charge in [0.05, 0.1) is 10.9 Å². The van der Waals surface area contributed by atoms with E-state index in [1.165, 1.54) is 4.88 Å². The molecule has 0 aliphatic rings. The van der Waals surface area contributed by atoms with Crippen LogP contribution in [-0.4, -0.2) is 7.05 Å². The van der Waals surface area contributed by atoms with Crippen LogP contribution in [0.1, 0.15) is 10.4 Å². The number of nitrogens with two attached hydrogens (primary N) is 1. The standard InChI is InChI=1S/C13H14BrClN2S/c1-17(8-11-4-5-13(15)18-11)10-3-2-9(7-16)12(14)6-10/h2-6H,7-8,16H2,1H3. The third-order valence-corrected chi connectivity index (χ3v) is 4.67. The van der Waals surface area contributed by atoms with Gasteiger partial charge in [0.1, 0.15) is 0 Å². The highest BCUT2D eigenvalue weighted by Gasteiger charge is 2.06. The predicted molar refractivity (Wildman–Crippen MR) is 83.5 cm³/mol. The molecule has 1 aromatic carbocycles. The highest BCUT2D eigenvalue weighted by atomic mass is 79.9. The first-order valence-corrected chi connectivity index (χ1v) is 7.52. The Balaban J connectivity index is 2.13. The van der Waals surface area contributed by atoms with Crippen molar-refractivity contribution in [3.8, 4) is 0 Å². The van der Waals surface area contributed by atoms with Crippen molar-refractivity contribution in [1.29, 1.82) is 0 Å². The summed E-state index contributed by atoms with van der Waals surface area (Å²) in [6, 6.07) is 10.2. The van der Waals surface area contributed by atoms with E-state index in [-0.39, 0.29) is 0 Å². The summed E-state index contributed by atoms with van der Waals surface area (Å²) in [6.45, 7) is 1.40. The SMILES string of the molecule is CN(Cc1ccc(Cl)s1)c1ccc(CN)c(Br)c1. The summed E-state index contributed by atoms with van der Waals surface area (Å²) in [5, 5.41) is 0. The molecule has 2 nitrogen and oxygen atoms in total. The molecular weight excluding hydrogens is 332 g/mol. The maximum atomic E-state index is 5.93.